The highest BCUT2D eigenvalue weighted by atomic mass is 19.1. The second-order valence-corrected chi connectivity index (χ2v) is 5.02. The molecule has 21 heavy (non-hydrogen) atoms. The first-order valence-electron chi connectivity index (χ1n) is 6.69. The topological polar surface area (TPSA) is 48.9 Å². The van der Waals surface area contributed by atoms with Crippen molar-refractivity contribution >= 4 is 0 Å². The number of aryl methyl sites for hydroxylation is 1. The summed E-state index contributed by atoms with van der Waals surface area (Å²) < 4.78 is 13.0. The van der Waals surface area contributed by atoms with Gasteiger partial charge in [-0.2, -0.15) is 5.10 Å². The molecule has 0 fully saturated rings. The Bertz CT molecular complexity index is 749. The number of H-pyrrole nitrogens is 1. The first-order valence-corrected chi connectivity index (χ1v) is 6.69. The van der Waals surface area contributed by atoms with E-state index in [-0.39, 0.29) is 5.82 Å². The molecule has 0 radical (unpaired) electrons. The number of aromatic amines is 1. The van der Waals surface area contributed by atoms with Crippen LogP contribution < -0.4 is 0 Å². The van der Waals surface area contributed by atoms with Gasteiger partial charge < -0.3 is 5.11 Å². The monoisotopic (exact) mass is 282 g/mol. The van der Waals surface area contributed by atoms with Gasteiger partial charge in [0.15, 0.2) is 0 Å². The summed E-state index contributed by atoms with van der Waals surface area (Å²) >= 11 is 0. The van der Waals surface area contributed by atoms with Gasteiger partial charge in [-0.3, -0.25) is 5.10 Å². The molecule has 0 saturated carbocycles. The molecule has 0 amide bonds. The molecule has 3 nitrogen and oxygen atoms in total. The van der Waals surface area contributed by atoms with Crippen molar-refractivity contribution in [2.24, 2.45) is 0 Å². The minimum atomic E-state index is -0.774. The third-order valence-corrected chi connectivity index (χ3v) is 3.45. The van der Waals surface area contributed by atoms with Gasteiger partial charge in [0, 0.05) is 11.1 Å². The molecule has 2 aromatic carbocycles. The average molecular weight is 282 g/mol. The largest absolute Gasteiger partial charge is 0.384 e. The summed E-state index contributed by atoms with van der Waals surface area (Å²) in [6.45, 7) is 1.98. The van der Waals surface area contributed by atoms with E-state index in [0.717, 1.165) is 16.7 Å². The Morgan fingerprint density at radius 1 is 1.14 bits per heavy atom. The molecular formula is C17H15FN2O. The van der Waals surface area contributed by atoms with Crippen molar-refractivity contribution in [3.05, 3.63) is 77.2 Å². The predicted molar refractivity (Wildman–Crippen MR) is 79.2 cm³/mol. The fourth-order valence-corrected chi connectivity index (χ4v) is 2.37. The van der Waals surface area contributed by atoms with Crippen molar-refractivity contribution in [1.29, 1.82) is 0 Å². The van der Waals surface area contributed by atoms with Gasteiger partial charge in [0.25, 0.3) is 0 Å². The molecule has 0 saturated heterocycles. The lowest BCUT2D eigenvalue weighted by atomic mass is 9.98. The molecule has 3 rings (SSSR count). The van der Waals surface area contributed by atoms with Crippen LogP contribution in [0.2, 0.25) is 0 Å². The van der Waals surface area contributed by atoms with Crippen molar-refractivity contribution in [2.75, 3.05) is 0 Å². The lowest BCUT2D eigenvalue weighted by Gasteiger charge is -2.12. The summed E-state index contributed by atoms with van der Waals surface area (Å²) in [5.41, 5.74) is 4.05. The highest BCUT2D eigenvalue weighted by Crippen LogP contribution is 2.30. The zero-order valence-electron chi connectivity index (χ0n) is 11.5. The molecule has 0 aliphatic carbocycles. The highest BCUT2D eigenvalue weighted by molar-refractivity contribution is 5.63. The molecule has 3 aromatic rings. The molecule has 1 aromatic heterocycles. The van der Waals surface area contributed by atoms with Crippen LogP contribution in [-0.2, 0) is 0 Å². The van der Waals surface area contributed by atoms with Crippen LogP contribution in [0.4, 0.5) is 4.39 Å². The number of halogens is 1. The van der Waals surface area contributed by atoms with E-state index >= 15 is 0 Å². The van der Waals surface area contributed by atoms with Crippen molar-refractivity contribution in [1.82, 2.24) is 10.2 Å². The number of rotatable bonds is 3. The van der Waals surface area contributed by atoms with Gasteiger partial charge in [0.2, 0.25) is 0 Å². The smallest absolute Gasteiger partial charge is 0.123 e. The number of nitrogens with one attached hydrogen (secondary N) is 1. The zero-order valence-corrected chi connectivity index (χ0v) is 11.5. The SMILES string of the molecule is Cc1cccc(C(O)c2cn[nH]c2-c2ccc(F)cc2)c1. The first kappa shape index (κ1) is 13.5. The van der Waals surface area contributed by atoms with E-state index < -0.39 is 6.10 Å². The van der Waals surface area contributed by atoms with Crippen molar-refractivity contribution in [2.45, 2.75) is 13.0 Å². The van der Waals surface area contributed by atoms with Gasteiger partial charge in [-0.1, -0.05) is 29.8 Å². The van der Waals surface area contributed by atoms with Gasteiger partial charge in [-0.15, -0.1) is 0 Å². The van der Waals surface area contributed by atoms with Crippen molar-refractivity contribution < 1.29 is 9.50 Å². The zero-order chi connectivity index (χ0) is 14.8. The first-order chi connectivity index (χ1) is 10.1. The third kappa shape index (κ3) is 2.71. The number of aromatic nitrogens is 2. The van der Waals surface area contributed by atoms with E-state index in [9.17, 15) is 9.50 Å². The molecular weight excluding hydrogens is 267 g/mol. The van der Waals surface area contributed by atoms with E-state index in [2.05, 4.69) is 10.2 Å². The number of benzene rings is 2. The van der Waals surface area contributed by atoms with Crippen molar-refractivity contribution in [3.63, 3.8) is 0 Å². The Labute approximate surface area is 122 Å². The van der Waals surface area contributed by atoms with Gasteiger partial charge in [0.1, 0.15) is 11.9 Å². The molecule has 0 aliphatic heterocycles. The molecule has 0 bridgehead atoms. The van der Waals surface area contributed by atoms with Crippen LogP contribution in [0.5, 0.6) is 0 Å². The number of aliphatic hydroxyl groups is 1. The van der Waals surface area contributed by atoms with Crippen LogP contribution in [0.15, 0.2) is 54.7 Å². The molecule has 1 heterocycles. The average Bonchev–Trinajstić information content (AvgIpc) is 2.96. The van der Waals surface area contributed by atoms with Crippen LogP contribution >= 0.6 is 0 Å². The highest BCUT2D eigenvalue weighted by Gasteiger charge is 2.17. The van der Waals surface area contributed by atoms with Crippen molar-refractivity contribution in [3.8, 4) is 11.3 Å². The maximum absolute atomic E-state index is 13.0. The summed E-state index contributed by atoms with van der Waals surface area (Å²) in [6.07, 6.45) is 0.829. The predicted octanol–water partition coefficient (Wildman–Crippen LogP) is 3.61. The number of hydrogen-bond donors (Lipinski definition) is 2. The van der Waals surface area contributed by atoms with Crippen LogP contribution in [-0.4, -0.2) is 15.3 Å². The summed E-state index contributed by atoms with van der Waals surface area (Å²) in [6, 6.07) is 13.8. The second-order valence-electron chi connectivity index (χ2n) is 5.02. The van der Waals surface area contributed by atoms with Gasteiger partial charge in [0.05, 0.1) is 11.9 Å². The Kier molecular flexibility index (Phi) is 3.54. The van der Waals surface area contributed by atoms with E-state index in [4.69, 9.17) is 0 Å². The molecule has 4 heteroatoms. The molecule has 1 atom stereocenters. The van der Waals surface area contributed by atoms with Gasteiger partial charge >= 0.3 is 0 Å². The normalized spacial score (nSPS) is 12.3. The summed E-state index contributed by atoms with van der Waals surface area (Å²) in [5, 5.41) is 17.5. The third-order valence-electron chi connectivity index (χ3n) is 3.45. The number of nitrogens with zero attached hydrogens (tertiary/aromatic N) is 1. The van der Waals surface area contributed by atoms with Crippen LogP contribution in [0, 0.1) is 12.7 Å². The summed E-state index contributed by atoms with van der Waals surface area (Å²) in [4.78, 5) is 0. The maximum atomic E-state index is 13.0. The Balaban J connectivity index is 2.00. The molecule has 0 spiro atoms. The second kappa shape index (κ2) is 5.50. The summed E-state index contributed by atoms with van der Waals surface area (Å²) in [7, 11) is 0. The van der Waals surface area contributed by atoms with E-state index in [1.165, 1.54) is 12.1 Å². The van der Waals surface area contributed by atoms with E-state index in [1.54, 1.807) is 18.3 Å². The quantitative estimate of drug-likeness (QED) is 0.771. The van der Waals surface area contributed by atoms with Crippen LogP contribution in [0.3, 0.4) is 0 Å². The van der Waals surface area contributed by atoms with Crippen LogP contribution in [0.25, 0.3) is 11.3 Å². The minimum absolute atomic E-state index is 0.293. The van der Waals surface area contributed by atoms with Gasteiger partial charge in [-0.05, 0) is 36.8 Å². The fourth-order valence-electron chi connectivity index (χ4n) is 2.37. The molecule has 2 N–H and O–H groups in total. The molecule has 0 aliphatic rings. The Hall–Kier alpha value is -2.46. The lowest BCUT2D eigenvalue weighted by Crippen LogP contribution is -2.00. The van der Waals surface area contributed by atoms with Gasteiger partial charge in [-0.25, -0.2) is 4.39 Å². The Morgan fingerprint density at radius 2 is 1.90 bits per heavy atom. The van der Waals surface area contributed by atoms with Crippen LogP contribution in [0.1, 0.15) is 22.8 Å². The summed E-state index contributed by atoms with van der Waals surface area (Å²) in [5.74, 6) is -0.293. The van der Waals surface area contributed by atoms with E-state index in [0.29, 0.717) is 11.3 Å². The molecule has 106 valence electrons. The lowest BCUT2D eigenvalue weighted by molar-refractivity contribution is 0.221. The fraction of sp³-hybridized carbons (Fsp3) is 0.118. The Morgan fingerprint density at radius 3 is 2.62 bits per heavy atom. The van der Waals surface area contributed by atoms with E-state index in [1.807, 2.05) is 31.2 Å². The number of aliphatic hydroxyl groups excluding tert-OH is 1. The minimum Gasteiger partial charge on any atom is -0.384 e. The standard InChI is InChI=1S/C17H15FN2O/c1-11-3-2-4-13(9-11)17(21)15-10-19-20-16(15)12-5-7-14(18)8-6-12/h2-10,17,21H,1H3,(H,19,20). The number of hydrogen-bond acceptors (Lipinski definition) is 2. The maximum Gasteiger partial charge on any atom is 0.123 e. The molecule has 1 unspecified atom stereocenters.